The maximum atomic E-state index is 15.5. The number of rotatable bonds is 6. The van der Waals surface area contributed by atoms with Gasteiger partial charge in [0.1, 0.15) is 11.6 Å². The van der Waals surface area contributed by atoms with Gasteiger partial charge in [-0.1, -0.05) is 11.6 Å². The Balaban J connectivity index is 1.38. The fourth-order valence-corrected chi connectivity index (χ4v) is 6.54. The molecule has 11 heteroatoms. The molecule has 1 unspecified atom stereocenters. The molecule has 4 heterocycles. The Morgan fingerprint density at radius 2 is 2.03 bits per heavy atom. The van der Waals surface area contributed by atoms with Gasteiger partial charge in [0.15, 0.2) is 17.3 Å². The number of hydrogen-bond donors (Lipinski definition) is 1. The number of hydrogen-bond acceptors (Lipinski definition) is 6. The van der Waals surface area contributed by atoms with Gasteiger partial charge in [-0.15, -0.1) is 0 Å². The lowest BCUT2D eigenvalue weighted by Crippen LogP contribution is -2.46. The molecule has 1 N–H and O–H groups in total. The van der Waals surface area contributed by atoms with Crippen LogP contribution in [0.15, 0.2) is 6.20 Å². The zero-order chi connectivity index (χ0) is 26.9. The van der Waals surface area contributed by atoms with Crippen LogP contribution >= 0.6 is 11.6 Å². The first-order chi connectivity index (χ1) is 18.1. The van der Waals surface area contributed by atoms with Crippen molar-refractivity contribution in [3.05, 3.63) is 28.4 Å². The number of carboxylic acid groups (broad SMARTS) is 1. The lowest BCUT2D eigenvalue weighted by Gasteiger charge is -2.29. The molecule has 0 aromatic carbocycles. The Morgan fingerprint density at radius 1 is 1.26 bits per heavy atom. The van der Waals surface area contributed by atoms with Crippen molar-refractivity contribution >= 4 is 34.6 Å². The molecule has 4 aliphatic rings. The van der Waals surface area contributed by atoms with E-state index in [4.69, 9.17) is 25.8 Å². The summed E-state index contributed by atoms with van der Waals surface area (Å²) in [4.78, 5) is 30.7. The number of aliphatic carboxylic acids is 1. The number of carbonyl (C=O) groups excluding carboxylic acids is 1. The second-order valence-electron chi connectivity index (χ2n) is 11.9. The lowest BCUT2D eigenvalue weighted by atomic mass is 10.0. The monoisotopic (exact) mass is 549 g/mol. The van der Waals surface area contributed by atoms with Gasteiger partial charge in [-0.2, -0.15) is 0 Å². The third kappa shape index (κ3) is 4.44. The van der Waals surface area contributed by atoms with Gasteiger partial charge in [-0.05, 0) is 70.3 Å². The van der Waals surface area contributed by atoms with Crippen LogP contribution in [0.5, 0.6) is 0 Å². The summed E-state index contributed by atoms with van der Waals surface area (Å²) in [6.07, 6.45) is 5.26. The SMILES string of the molecule is CC(C)(C)OC(=O)N1C[C@@H]2[C@@H](c3c(COC4CCCCO4)n(C4CC4)c4c(F)c(Cl)ncc34)[C@@H]2[C@H]1C(=O)O. The predicted octanol–water partition coefficient (Wildman–Crippen LogP) is 5.24. The van der Waals surface area contributed by atoms with Gasteiger partial charge in [0.2, 0.25) is 0 Å². The zero-order valence-corrected chi connectivity index (χ0v) is 22.5. The first kappa shape index (κ1) is 25.8. The molecular formula is C27H33ClFN3O6. The maximum Gasteiger partial charge on any atom is 0.411 e. The standard InChI is InChI=1S/C27H33ClFN3O6/c1-27(2,3)38-26(35)31-11-15-19(20(15)23(31)25(33)34)18-14-10-30-24(28)21(29)22(14)32(13-7-8-13)16(18)12-37-17-6-4-5-9-36-17/h10,13,15,17,19-20,23H,4-9,11-12H2,1-3H3,(H,33,34)/t15-,17?,19+,20-,23+/m1/s1. The lowest BCUT2D eigenvalue weighted by molar-refractivity contribution is -0.169. The number of nitrogens with zero attached hydrogens (tertiary/aromatic N) is 3. The average molecular weight is 550 g/mol. The smallest absolute Gasteiger partial charge is 0.411 e. The molecular weight excluding hydrogens is 517 g/mol. The summed E-state index contributed by atoms with van der Waals surface area (Å²) in [5, 5.41) is 10.6. The third-order valence-corrected chi connectivity index (χ3v) is 8.35. The molecule has 0 bridgehead atoms. The summed E-state index contributed by atoms with van der Waals surface area (Å²) in [6, 6.07) is -0.906. The summed E-state index contributed by atoms with van der Waals surface area (Å²) in [5.74, 6) is -2.23. The van der Waals surface area contributed by atoms with Crippen molar-refractivity contribution < 1.29 is 33.3 Å². The Hall–Kier alpha value is -2.43. The molecule has 2 aromatic rings. The number of likely N-dealkylation sites (tertiary alicyclic amines) is 1. The minimum Gasteiger partial charge on any atom is -0.480 e. The fraction of sp³-hybridized carbons (Fsp3) is 0.667. The van der Waals surface area contributed by atoms with Crippen LogP contribution in [0.25, 0.3) is 10.9 Å². The Morgan fingerprint density at radius 3 is 2.66 bits per heavy atom. The molecule has 5 atom stereocenters. The Labute approximate surface area is 225 Å². The largest absolute Gasteiger partial charge is 0.480 e. The van der Waals surface area contributed by atoms with Crippen LogP contribution in [0.2, 0.25) is 5.15 Å². The van der Waals surface area contributed by atoms with Crippen LogP contribution in [0.3, 0.4) is 0 Å². The minimum absolute atomic E-state index is 0.0923. The predicted molar refractivity (Wildman–Crippen MR) is 135 cm³/mol. The van der Waals surface area contributed by atoms with Gasteiger partial charge in [0, 0.05) is 42.4 Å². The number of ether oxygens (including phenoxy) is 3. The van der Waals surface area contributed by atoms with Gasteiger partial charge in [0.05, 0.1) is 12.1 Å². The zero-order valence-electron chi connectivity index (χ0n) is 21.8. The molecule has 2 saturated carbocycles. The van der Waals surface area contributed by atoms with Gasteiger partial charge >= 0.3 is 12.1 Å². The summed E-state index contributed by atoms with van der Waals surface area (Å²) in [7, 11) is 0. The van der Waals surface area contributed by atoms with Crippen LogP contribution in [-0.2, 0) is 25.6 Å². The quantitative estimate of drug-likeness (QED) is 0.491. The molecule has 9 nitrogen and oxygen atoms in total. The molecule has 206 valence electrons. The summed E-state index contributed by atoms with van der Waals surface area (Å²) < 4.78 is 35.0. The molecule has 4 fully saturated rings. The van der Waals surface area contributed by atoms with Gasteiger partial charge < -0.3 is 23.9 Å². The van der Waals surface area contributed by atoms with Crippen LogP contribution in [0.4, 0.5) is 9.18 Å². The van der Waals surface area contributed by atoms with Crippen LogP contribution in [0, 0.1) is 17.7 Å². The number of aromatic nitrogens is 2. The van der Waals surface area contributed by atoms with Crippen LogP contribution < -0.4 is 0 Å². The van der Waals surface area contributed by atoms with E-state index in [1.807, 2.05) is 4.57 Å². The van der Waals surface area contributed by atoms with Crippen molar-refractivity contribution in [3.63, 3.8) is 0 Å². The molecule has 38 heavy (non-hydrogen) atoms. The highest BCUT2D eigenvalue weighted by Crippen LogP contribution is 2.64. The second kappa shape index (κ2) is 9.34. The van der Waals surface area contributed by atoms with E-state index >= 15 is 4.39 Å². The van der Waals surface area contributed by atoms with Crippen molar-refractivity contribution in [2.45, 2.75) is 89.4 Å². The number of halogens is 2. The van der Waals surface area contributed by atoms with Crippen molar-refractivity contribution in [1.29, 1.82) is 0 Å². The molecule has 2 aliphatic heterocycles. The molecule has 1 amide bonds. The van der Waals surface area contributed by atoms with Crippen molar-refractivity contribution in [2.75, 3.05) is 13.2 Å². The van der Waals surface area contributed by atoms with Crippen LogP contribution in [-0.4, -0.2) is 62.7 Å². The van der Waals surface area contributed by atoms with E-state index in [1.165, 1.54) is 4.90 Å². The molecule has 2 aromatic heterocycles. The van der Waals surface area contributed by atoms with E-state index < -0.39 is 29.5 Å². The van der Waals surface area contributed by atoms with E-state index in [-0.39, 0.29) is 48.4 Å². The molecule has 0 radical (unpaired) electrons. The van der Waals surface area contributed by atoms with E-state index in [2.05, 4.69) is 4.98 Å². The second-order valence-corrected chi connectivity index (χ2v) is 12.2. The normalized spacial score (nSPS) is 29.0. The molecule has 2 saturated heterocycles. The van der Waals surface area contributed by atoms with Crippen molar-refractivity contribution in [2.24, 2.45) is 11.8 Å². The number of fused-ring (bicyclic) bond motifs is 2. The van der Waals surface area contributed by atoms with E-state index in [0.717, 1.165) is 43.4 Å². The minimum atomic E-state index is -1.07. The maximum absolute atomic E-state index is 15.5. The fourth-order valence-electron chi connectivity index (χ4n) is 6.41. The molecule has 0 spiro atoms. The highest BCUT2D eigenvalue weighted by Gasteiger charge is 2.66. The first-order valence-corrected chi connectivity index (χ1v) is 13.8. The van der Waals surface area contributed by atoms with Crippen molar-refractivity contribution in [1.82, 2.24) is 14.5 Å². The summed E-state index contributed by atoms with van der Waals surface area (Å²) in [6.45, 7) is 6.37. The number of amides is 1. The topological polar surface area (TPSA) is 103 Å². The Kier molecular flexibility index (Phi) is 6.35. The summed E-state index contributed by atoms with van der Waals surface area (Å²) in [5.41, 5.74) is 1.34. The van der Waals surface area contributed by atoms with Gasteiger partial charge in [-0.3, -0.25) is 4.90 Å². The van der Waals surface area contributed by atoms with Gasteiger partial charge in [0.25, 0.3) is 0 Å². The number of pyridine rings is 1. The highest BCUT2D eigenvalue weighted by atomic mass is 35.5. The molecule has 6 rings (SSSR count). The van der Waals surface area contributed by atoms with Crippen LogP contribution in [0.1, 0.15) is 76.1 Å². The average Bonchev–Trinajstić information content (AvgIpc) is 3.75. The molecule has 2 aliphatic carbocycles. The summed E-state index contributed by atoms with van der Waals surface area (Å²) >= 11 is 6.12. The van der Waals surface area contributed by atoms with E-state index in [0.29, 0.717) is 17.5 Å². The number of carboxylic acids is 1. The van der Waals surface area contributed by atoms with Gasteiger partial charge in [-0.25, -0.2) is 19.0 Å². The third-order valence-electron chi connectivity index (χ3n) is 8.09. The number of carbonyl (C=O) groups is 2. The first-order valence-electron chi connectivity index (χ1n) is 13.4. The van der Waals surface area contributed by atoms with E-state index in [9.17, 15) is 14.7 Å². The van der Waals surface area contributed by atoms with Crippen molar-refractivity contribution in [3.8, 4) is 0 Å². The van der Waals surface area contributed by atoms with E-state index in [1.54, 1.807) is 27.0 Å². The Bertz CT molecular complexity index is 1280. The number of piperidine rings is 1. The highest BCUT2D eigenvalue weighted by molar-refractivity contribution is 6.30.